The summed E-state index contributed by atoms with van der Waals surface area (Å²) < 4.78 is 44.2. The second-order valence-electron chi connectivity index (χ2n) is 7.55. The van der Waals surface area contributed by atoms with E-state index in [0.717, 1.165) is 16.2 Å². The number of hydrogen-bond donors (Lipinski definition) is 1. The number of allylic oxidation sites excluding steroid dienone is 4. The number of phenols is 1. The molecule has 0 saturated carbocycles. The monoisotopic (exact) mass is 473 g/mol. The molecule has 154 valence electrons. The number of halogens is 4. The molecule has 0 bridgehead atoms. The highest BCUT2D eigenvalue weighted by Gasteiger charge is 2.36. The molecular weight excluding hydrogens is 455 g/mol. The largest absolute Gasteiger partial charge is 0.508 e. The topological polar surface area (TPSA) is 25.2 Å². The Labute approximate surface area is 181 Å². The molecule has 1 aliphatic rings. The van der Waals surface area contributed by atoms with Crippen LogP contribution in [0.25, 0.3) is 16.9 Å². The zero-order chi connectivity index (χ0) is 21.5. The molecular formula is C24H19BrF3NO. The Morgan fingerprint density at radius 1 is 1.03 bits per heavy atom. The number of alkyl halides is 3. The van der Waals surface area contributed by atoms with E-state index in [9.17, 15) is 18.3 Å². The average Bonchev–Trinajstić information content (AvgIpc) is 3.16. The summed E-state index contributed by atoms with van der Waals surface area (Å²) in [7, 11) is 0. The molecule has 2 nitrogen and oxygen atoms in total. The third-order valence-electron chi connectivity index (χ3n) is 5.39. The normalized spacial score (nSPS) is 19.0. The van der Waals surface area contributed by atoms with E-state index in [1.54, 1.807) is 28.8 Å². The Morgan fingerprint density at radius 3 is 2.47 bits per heavy atom. The Morgan fingerprint density at radius 2 is 1.80 bits per heavy atom. The molecule has 4 rings (SSSR count). The lowest BCUT2D eigenvalue weighted by atomic mass is 9.80. The second-order valence-corrected chi connectivity index (χ2v) is 8.46. The lowest BCUT2D eigenvalue weighted by molar-refractivity contribution is -0.137. The second kappa shape index (κ2) is 7.51. The number of para-hydroxylation sites is 1. The first-order chi connectivity index (χ1) is 14.2. The first kappa shape index (κ1) is 20.5. The van der Waals surface area contributed by atoms with Crippen molar-refractivity contribution in [1.29, 1.82) is 0 Å². The summed E-state index contributed by atoms with van der Waals surface area (Å²) in [6, 6.07) is 15.8. The fraction of sp³-hybridized carbons (Fsp3) is 0.167. The van der Waals surface area contributed by atoms with Gasteiger partial charge in [-0.05, 0) is 42.8 Å². The molecule has 0 amide bonds. The molecule has 1 N–H and O–H groups in total. The Kier molecular flexibility index (Phi) is 5.14. The molecule has 0 saturated heterocycles. The SMILES string of the molecule is CC1(c2ccc(-c3cccc(O)c3)n2-c2ccccc2C(F)(F)F)C=CC(Br)=CC1. The molecule has 1 aromatic heterocycles. The fourth-order valence-corrected chi connectivity index (χ4v) is 4.13. The van der Waals surface area contributed by atoms with Gasteiger partial charge in [-0.1, -0.05) is 65.3 Å². The summed E-state index contributed by atoms with van der Waals surface area (Å²) in [5.74, 6) is 0.0570. The van der Waals surface area contributed by atoms with E-state index in [4.69, 9.17) is 0 Å². The summed E-state index contributed by atoms with van der Waals surface area (Å²) in [6.07, 6.45) is 2.08. The molecule has 1 atom stereocenters. The zero-order valence-corrected chi connectivity index (χ0v) is 17.7. The van der Waals surface area contributed by atoms with Crippen molar-refractivity contribution in [1.82, 2.24) is 4.57 Å². The van der Waals surface area contributed by atoms with E-state index in [0.29, 0.717) is 17.7 Å². The molecule has 1 heterocycles. The van der Waals surface area contributed by atoms with Gasteiger partial charge in [0.15, 0.2) is 0 Å². The van der Waals surface area contributed by atoms with E-state index in [-0.39, 0.29) is 11.4 Å². The van der Waals surface area contributed by atoms with Crippen molar-refractivity contribution in [2.75, 3.05) is 0 Å². The van der Waals surface area contributed by atoms with Gasteiger partial charge in [-0.15, -0.1) is 0 Å². The average molecular weight is 474 g/mol. The van der Waals surface area contributed by atoms with Crippen LogP contribution in [0.4, 0.5) is 13.2 Å². The molecule has 3 aromatic rings. The molecule has 30 heavy (non-hydrogen) atoms. The summed E-state index contributed by atoms with van der Waals surface area (Å²) in [4.78, 5) is 0. The maximum atomic E-state index is 13.9. The molecule has 1 unspecified atom stereocenters. The number of phenolic OH excluding ortho intramolecular Hbond substituents is 1. The molecule has 0 spiro atoms. The van der Waals surface area contributed by atoms with Gasteiger partial charge in [0.05, 0.1) is 16.9 Å². The number of rotatable bonds is 3. The van der Waals surface area contributed by atoms with Crippen LogP contribution in [0.3, 0.4) is 0 Å². The highest BCUT2D eigenvalue weighted by Crippen LogP contribution is 2.42. The number of aromatic hydroxyl groups is 1. The third kappa shape index (κ3) is 3.72. The van der Waals surface area contributed by atoms with E-state index in [1.165, 1.54) is 18.2 Å². The number of nitrogens with zero attached hydrogens (tertiary/aromatic N) is 1. The number of benzene rings is 2. The van der Waals surface area contributed by atoms with E-state index in [2.05, 4.69) is 15.9 Å². The van der Waals surface area contributed by atoms with Crippen LogP contribution >= 0.6 is 15.9 Å². The van der Waals surface area contributed by atoms with E-state index < -0.39 is 17.2 Å². The van der Waals surface area contributed by atoms with Crippen LogP contribution in [-0.4, -0.2) is 9.67 Å². The summed E-state index contributed by atoms with van der Waals surface area (Å²) in [5, 5.41) is 9.94. The van der Waals surface area contributed by atoms with Gasteiger partial charge in [0.25, 0.3) is 0 Å². The summed E-state index contributed by atoms with van der Waals surface area (Å²) in [6.45, 7) is 2.01. The molecule has 0 aliphatic heterocycles. The van der Waals surface area contributed by atoms with Gasteiger partial charge >= 0.3 is 6.18 Å². The fourth-order valence-electron chi connectivity index (χ4n) is 3.84. The zero-order valence-electron chi connectivity index (χ0n) is 16.1. The quantitative estimate of drug-likeness (QED) is 0.422. The first-order valence-corrected chi connectivity index (χ1v) is 10.2. The van der Waals surface area contributed by atoms with Crippen molar-refractivity contribution in [3.05, 3.63) is 94.6 Å². The third-order valence-corrected chi connectivity index (χ3v) is 5.98. The Balaban J connectivity index is 2.01. The highest BCUT2D eigenvalue weighted by atomic mass is 79.9. The van der Waals surface area contributed by atoms with Crippen LogP contribution in [0.1, 0.15) is 24.6 Å². The highest BCUT2D eigenvalue weighted by molar-refractivity contribution is 9.11. The van der Waals surface area contributed by atoms with Crippen molar-refractivity contribution >= 4 is 15.9 Å². The maximum Gasteiger partial charge on any atom is 0.418 e. The standard InChI is InChI=1S/C24H19BrF3NO/c1-23(13-11-17(25)12-14-23)22-10-9-20(16-5-4-6-18(30)15-16)29(22)21-8-3-2-7-19(21)24(26,27)28/h2-13,15,30H,14H2,1H3. The maximum absolute atomic E-state index is 13.9. The van der Waals surface area contributed by atoms with Crippen LogP contribution in [0, 0.1) is 0 Å². The van der Waals surface area contributed by atoms with E-state index in [1.807, 2.05) is 37.3 Å². The van der Waals surface area contributed by atoms with Gasteiger partial charge in [-0.3, -0.25) is 0 Å². The van der Waals surface area contributed by atoms with Crippen molar-refractivity contribution in [3.8, 4) is 22.7 Å². The minimum absolute atomic E-state index is 0.0570. The smallest absolute Gasteiger partial charge is 0.418 e. The molecule has 0 radical (unpaired) electrons. The van der Waals surface area contributed by atoms with Gasteiger partial charge in [0, 0.05) is 21.2 Å². The predicted molar refractivity (Wildman–Crippen MR) is 116 cm³/mol. The molecule has 2 aromatic carbocycles. The lowest BCUT2D eigenvalue weighted by Gasteiger charge is -2.30. The van der Waals surface area contributed by atoms with Crippen LogP contribution in [-0.2, 0) is 11.6 Å². The van der Waals surface area contributed by atoms with Gasteiger partial charge in [-0.2, -0.15) is 13.2 Å². The van der Waals surface area contributed by atoms with Crippen LogP contribution in [0.2, 0.25) is 0 Å². The Bertz CT molecular complexity index is 1160. The van der Waals surface area contributed by atoms with Gasteiger partial charge < -0.3 is 9.67 Å². The lowest BCUT2D eigenvalue weighted by Crippen LogP contribution is -2.25. The van der Waals surface area contributed by atoms with Gasteiger partial charge in [-0.25, -0.2) is 0 Å². The van der Waals surface area contributed by atoms with Crippen molar-refractivity contribution < 1.29 is 18.3 Å². The minimum Gasteiger partial charge on any atom is -0.508 e. The molecule has 1 aliphatic carbocycles. The molecule has 6 heteroatoms. The van der Waals surface area contributed by atoms with Crippen molar-refractivity contribution in [2.24, 2.45) is 0 Å². The number of hydrogen-bond acceptors (Lipinski definition) is 1. The van der Waals surface area contributed by atoms with Gasteiger partial charge in [0.1, 0.15) is 5.75 Å². The summed E-state index contributed by atoms with van der Waals surface area (Å²) in [5.41, 5.74) is 0.824. The van der Waals surface area contributed by atoms with Crippen molar-refractivity contribution in [2.45, 2.75) is 24.9 Å². The van der Waals surface area contributed by atoms with Crippen LogP contribution < -0.4 is 0 Å². The van der Waals surface area contributed by atoms with E-state index >= 15 is 0 Å². The minimum atomic E-state index is -4.50. The predicted octanol–water partition coefficient (Wildman–Crippen LogP) is 7.37. The number of aromatic nitrogens is 1. The summed E-state index contributed by atoms with van der Waals surface area (Å²) >= 11 is 3.45. The molecule has 0 fully saturated rings. The first-order valence-electron chi connectivity index (χ1n) is 9.42. The Hall–Kier alpha value is -2.73. The van der Waals surface area contributed by atoms with Crippen LogP contribution in [0.15, 0.2) is 83.4 Å². The van der Waals surface area contributed by atoms with Crippen molar-refractivity contribution in [3.63, 3.8) is 0 Å². The van der Waals surface area contributed by atoms with Gasteiger partial charge in [0.2, 0.25) is 0 Å². The van der Waals surface area contributed by atoms with Crippen LogP contribution in [0.5, 0.6) is 5.75 Å².